The second-order valence-electron chi connectivity index (χ2n) is 5.60. The van der Waals surface area contributed by atoms with E-state index in [9.17, 15) is 20.5 Å². The van der Waals surface area contributed by atoms with E-state index in [1.807, 2.05) is 43.3 Å². The van der Waals surface area contributed by atoms with Crippen LogP contribution < -0.4 is 0 Å². The van der Waals surface area contributed by atoms with E-state index in [1.54, 1.807) is 0 Å². The quantitative estimate of drug-likeness (QED) is 0.575. The Balaban J connectivity index is 2.46. The van der Waals surface area contributed by atoms with Gasteiger partial charge >= 0.3 is 0 Å². The Kier molecular flexibility index (Phi) is 3.56. The monoisotopic (exact) mass is 315 g/mol. The third-order valence-corrected chi connectivity index (χ3v) is 4.00. The van der Waals surface area contributed by atoms with Gasteiger partial charge in [-0.3, -0.25) is 4.79 Å². The average molecular weight is 315 g/mol. The highest BCUT2D eigenvalue weighted by atomic mass is 16.5. The fourth-order valence-electron chi connectivity index (χ4n) is 2.84. The van der Waals surface area contributed by atoms with Gasteiger partial charge in [-0.1, -0.05) is 29.8 Å². The Labute approximate surface area is 138 Å². The molecule has 0 aliphatic heterocycles. The summed E-state index contributed by atoms with van der Waals surface area (Å²) in [7, 11) is 0. The van der Waals surface area contributed by atoms with E-state index in [2.05, 4.69) is 0 Å². The van der Waals surface area contributed by atoms with Crippen molar-refractivity contribution in [1.29, 1.82) is 10.5 Å². The lowest BCUT2D eigenvalue weighted by Gasteiger charge is -2.05. The number of carbonyl (C=O) groups excluding carboxylic acids is 1. The molecule has 3 aromatic rings. The minimum Gasteiger partial charge on any atom is -0.428 e. The summed E-state index contributed by atoms with van der Waals surface area (Å²) in [5.41, 5.74) is 3.08. The van der Waals surface area contributed by atoms with Crippen LogP contribution in [0.25, 0.3) is 22.2 Å². The number of rotatable bonds is 2. The molecule has 0 spiro atoms. The summed E-state index contributed by atoms with van der Waals surface area (Å²) in [6.07, 6.45) is 0. The summed E-state index contributed by atoms with van der Waals surface area (Å²) in [6.45, 7) is 3.36. The first kappa shape index (κ1) is 15.3. The van der Waals surface area contributed by atoms with Crippen LogP contribution in [0.15, 0.2) is 36.4 Å². The van der Waals surface area contributed by atoms with Crippen molar-refractivity contribution in [3.63, 3.8) is 0 Å². The van der Waals surface area contributed by atoms with E-state index in [1.165, 1.54) is 19.1 Å². The van der Waals surface area contributed by atoms with Gasteiger partial charge in [0.15, 0.2) is 5.78 Å². The molecule has 0 aliphatic carbocycles. The van der Waals surface area contributed by atoms with Gasteiger partial charge in [-0.2, -0.15) is 15.3 Å². The lowest BCUT2D eigenvalue weighted by atomic mass is 9.99. The molecule has 1 aromatic heterocycles. The van der Waals surface area contributed by atoms with Gasteiger partial charge in [0.05, 0.1) is 27.9 Å². The molecular formula is C19H13N3O2. The number of aryl methyl sites for hydroxylation is 1. The molecule has 116 valence electrons. The smallest absolute Gasteiger partial charge is 0.162 e. The van der Waals surface area contributed by atoms with Gasteiger partial charge in [-0.05, 0) is 26.0 Å². The van der Waals surface area contributed by atoms with Crippen LogP contribution in [0, 0.1) is 29.6 Å². The molecule has 1 N–H and O–H groups in total. The van der Waals surface area contributed by atoms with Crippen LogP contribution in [-0.2, 0) is 0 Å². The van der Waals surface area contributed by atoms with Gasteiger partial charge in [0, 0.05) is 10.9 Å². The molecule has 0 amide bonds. The van der Waals surface area contributed by atoms with Crippen molar-refractivity contribution in [2.45, 2.75) is 13.8 Å². The number of carbonyl (C=O) groups is 1. The molecule has 0 saturated heterocycles. The van der Waals surface area contributed by atoms with Crippen LogP contribution in [0.5, 0.6) is 0 Å². The van der Waals surface area contributed by atoms with Gasteiger partial charge in [-0.15, -0.1) is 0 Å². The first-order chi connectivity index (χ1) is 11.5. The van der Waals surface area contributed by atoms with Gasteiger partial charge in [0.25, 0.3) is 0 Å². The predicted molar refractivity (Wildman–Crippen MR) is 88.7 cm³/mol. The van der Waals surface area contributed by atoms with E-state index in [-0.39, 0.29) is 16.9 Å². The normalized spacial score (nSPS) is 10.3. The van der Waals surface area contributed by atoms with E-state index in [0.717, 1.165) is 10.3 Å². The number of ketones is 1. The molecule has 5 heteroatoms. The Morgan fingerprint density at radius 2 is 1.67 bits per heavy atom. The number of nitrogens with zero attached hydrogens (tertiary/aromatic N) is 3. The zero-order valence-electron chi connectivity index (χ0n) is 13.2. The Bertz CT molecular complexity index is 1060. The number of benzene rings is 2. The van der Waals surface area contributed by atoms with Crippen molar-refractivity contribution in [2.24, 2.45) is 0 Å². The van der Waals surface area contributed by atoms with Crippen LogP contribution in [0.1, 0.15) is 34.0 Å². The fraction of sp³-hybridized carbons (Fsp3) is 0.105. The average Bonchev–Trinajstić information content (AvgIpc) is 2.86. The molecule has 0 aliphatic rings. The number of Topliss-reactive ketones (excluding diaryl/α,β-unsaturated/α-hetero) is 1. The van der Waals surface area contributed by atoms with Crippen molar-refractivity contribution in [3.8, 4) is 23.4 Å². The van der Waals surface area contributed by atoms with Crippen LogP contribution >= 0.6 is 0 Å². The second kappa shape index (κ2) is 5.57. The third-order valence-electron chi connectivity index (χ3n) is 4.00. The zero-order valence-corrected chi connectivity index (χ0v) is 13.2. The maximum Gasteiger partial charge on any atom is 0.162 e. The molecule has 0 atom stereocenters. The topological polar surface area (TPSA) is 89.8 Å². The third kappa shape index (κ3) is 2.20. The van der Waals surface area contributed by atoms with E-state index in [0.29, 0.717) is 27.7 Å². The summed E-state index contributed by atoms with van der Waals surface area (Å²) >= 11 is 0. The highest BCUT2D eigenvalue weighted by molar-refractivity contribution is 6.13. The molecule has 0 fully saturated rings. The number of hydrogen-bond donors (Lipinski definition) is 1. The standard InChI is InChI=1S/C19H13N3O2/c1-11-3-5-13(6-4-11)19-18(12(2)23)16-7-14(9-20)15(10-21)8-17(16)22(19)24/h3-8,24H,1-2H3. The summed E-state index contributed by atoms with van der Waals surface area (Å²) in [4.78, 5) is 12.2. The first-order valence-electron chi connectivity index (χ1n) is 7.27. The Morgan fingerprint density at radius 3 is 2.21 bits per heavy atom. The lowest BCUT2D eigenvalue weighted by Crippen LogP contribution is -1.98. The largest absolute Gasteiger partial charge is 0.428 e. The molecule has 0 bridgehead atoms. The van der Waals surface area contributed by atoms with Crippen LogP contribution in [0.3, 0.4) is 0 Å². The lowest BCUT2D eigenvalue weighted by molar-refractivity contribution is 0.101. The number of aromatic nitrogens is 1. The molecule has 3 rings (SSSR count). The SMILES string of the molecule is CC(=O)c1c(-c2ccc(C)cc2)n(O)c2cc(C#N)c(C#N)cc12. The van der Waals surface area contributed by atoms with Crippen molar-refractivity contribution in [3.05, 3.63) is 58.7 Å². The summed E-state index contributed by atoms with van der Waals surface area (Å²) in [5, 5.41) is 29.4. The summed E-state index contributed by atoms with van der Waals surface area (Å²) in [5.74, 6) is -0.225. The highest BCUT2D eigenvalue weighted by Crippen LogP contribution is 2.34. The van der Waals surface area contributed by atoms with Gasteiger partial charge in [-0.25, -0.2) is 0 Å². The van der Waals surface area contributed by atoms with Crippen LogP contribution in [0.2, 0.25) is 0 Å². The number of fused-ring (bicyclic) bond motifs is 1. The summed E-state index contributed by atoms with van der Waals surface area (Å²) in [6, 6.07) is 14.2. The second-order valence-corrected chi connectivity index (χ2v) is 5.60. The Hall–Kier alpha value is -3.57. The minimum atomic E-state index is -0.225. The molecule has 5 nitrogen and oxygen atoms in total. The number of nitriles is 2. The van der Waals surface area contributed by atoms with Crippen LogP contribution in [-0.4, -0.2) is 15.7 Å². The molecular weight excluding hydrogens is 302 g/mol. The first-order valence-corrected chi connectivity index (χ1v) is 7.27. The van der Waals surface area contributed by atoms with Gasteiger partial charge < -0.3 is 5.21 Å². The molecule has 0 unspecified atom stereocenters. The van der Waals surface area contributed by atoms with E-state index < -0.39 is 0 Å². The molecule has 24 heavy (non-hydrogen) atoms. The predicted octanol–water partition coefficient (Wildman–Crippen LogP) is 3.80. The minimum absolute atomic E-state index is 0.156. The van der Waals surface area contributed by atoms with Crippen molar-refractivity contribution in [2.75, 3.05) is 0 Å². The van der Waals surface area contributed by atoms with Crippen LogP contribution in [0.4, 0.5) is 0 Å². The maximum atomic E-state index is 12.2. The molecule has 2 aromatic carbocycles. The maximum absolute atomic E-state index is 12.2. The number of hydrogen-bond acceptors (Lipinski definition) is 4. The van der Waals surface area contributed by atoms with Gasteiger partial charge in [0.2, 0.25) is 0 Å². The van der Waals surface area contributed by atoms with Gasteiger partial charge in [0.1, 0.15) is 12.1 Å². The highest BCUT2D eigenvalue weighted by Gasteiger charge is 2.23. The van der Waals surface area contributed by atoms with Crippen molar-refractivity contribution < 1.29 is 10.0 Å². The molecule has 0 radical (unpaired) electrons. The van der Waals surface area contributed by atoms with Crippen molar-refractivity contribution in [1.82, 2.24) is 4.73 Å². The van der Waals surface area contributed by atoms with E-state index in [4.69, 9.17) is 0 Å². The fourth-order valence-corrected chi connectivity index (χ4v) is 2.84. The zero-order chi connectivity index (χ0) is 17.4. The molecule has 0 saturated carbocycles. The summed E-state index contributed by atoms with van der Waals surface area (Å²) < 4.78 is 0.915. The van der Waals surface area contributed by atoms with E-state index >= 15 is 0 Å². The molecule has 1 heterocycles. The Morgan fingerprint density at radius 1 is 1.08 bits per heavy atom. The van der Waals surface area contributed by atoms with Crippen molar-refractivity contribution >= 4 is 16.7 Å².